The molecule has 0 spiro atoms. The lowest BCUT2D eigenvalue weighted by molar-refractivity contribution is 0.317. The molecule has 0 fully saturated rings. The number of thioether (sulfide) groups is 1. The number of benzene rings is 1. The number of fused-ring (bicyclic) bond motifs is 1. The van der Waals surface area contributed by atoms with Crippen LogP contribution < -0.4 is 9.47 Å². The minimum Gasteiger partial charge on any atom is -0.497 e. The van der Waals surface area contributed by atoms with Gasteiger partial charge in [0.1, 0.15) is 17.3 Å². The molecule has 0 saturated carbocycles. The fourth-order valence-electron chi connectivity index (χ4n) is 2.30. The maximum atomic E-state index is 5.96. The van der Waals surface area contributed by atoms with Crippen LogP contribution in [-0.4, -0.2) is 40.7 Å². The summed E-state index contributed by atoms with van der Waals surface area (Å²) < 4.78 is 11.3. The molecular weight excluding hydrogens is 310 g/mol. The van der Waals surface area contributed by atoms with Crippen LogP contribution in [0.3, 0.4) is 0 Å². The molecule has 0 bridgehead atoms. The molecule has 0 radical (unpaired) electrons. The van der Waals surface area contributed by atoms with Crippen LogP contribution in [0.4, 0.5) is 0 Å². The molecule has 6 heteroatoms. The molecule has 120 valence electrons. The van der Waals surface area contributed by atoms with Gasteiger partial charge in [-0.05, 0) is 42.7 Å². The minimum atomic E-state index is 0.666. The second-order valence-corrected chi connectivity index (χ2v) is 6.00. The number of methoxy groups -OCH3 is 1. The molecule has 0 amide bonds. The number of hydrogen-bond donors (Lipinski definition) is 1. The maximum Gasteiger partial charge on any atom is 0.178 e. The van der Waals surface area contributed by atoms with Crippen molar-refractivity contribution in [2.45, 2.75) is 6.42 Å². The van der Waals surface area contributed by atoms with Crippen molar-refractivity contribution in [2.24, 2.45) is 0 Å². The number of imidazole rings is 1. The Hall–Kier alpha value is -2.21. The van der Waals surface area contributed by atoms with Gasteiger partial charge >= 0.3 is 0 Å². The Morgan fingerprint density at radius 2 is 2.17 bits per heavy atom. The molecule has 2 aromatic heterocycles. The van der Waals surface area contributed by atoms with Crippen LogP contribution in [-0.2, 0) is 0 Å². The summed E-state index contributed by atoms with van der Waals surface area (Å²) in [5.74, 6) is 3.36. The Morgan fingerprint density at radius 1 is 1.26 bits per heavy atom. The van der Waals surface area contributed by atoms with Gasteiger partial charge in [-0.2, -0.15) is 11.8 Å². The van der Waals surface area contributed by atoms with Gasteiger partial charge in [0.2, 0.25) is 0 Å². The lowest BCUT2D eigenvalue weighted by atomic mass is 10.2. The Kier molecular flexibility index (Phi) is 5.02. The molecule has 1 aromatic carbocycles. The molecule has 5 nitrogen and oxygen atoms in total. The van der Waals surface area contributed by atoms with E-state index in [4.69, 9.17) is 9.47 Å². The van der Waals surface area contributed by atoms with E-state index in [9.17, 15) is 0 Å². The zero-order valence-electron chi connectivity index (χ0n) is 13.2. The molecule has 23 heavy (non-hydrogen) atoms. The first-order valence-electron chi connectivity index (χ1n) is 7.42. The van der Waals surface area contributed by atoms with Gasteiger partial charge in [0.25, 0.3) is 0 Å². The highest BCUT2D eigenvalue weighted by Gasteiger charge is 2.13. The third-order valence-corrected chi connectivity index (χ3v) is 4.15. The molecule has 2 heterocycles. The van der Waals surface area contributed by atoms with Crippen LogP contribution in [0.2, 0.25) is 0 Å². The monoisotopic (exact) mass is 329 g/mol. The predicted molar refractivity (Wildman–Crippen MR) is 94.4 cm³/mol. The summed E-state index contributed by atoms with van der Waals surface area (Å²) in [5.41, 5.74) is 2.52. The van der Waals surface area contributed by atoms with Crippen LogP contribution in [0.25, 0.3) is 22.6 Å². The highest BCUT2D eigenvalue weighted by atomic mass is 32.2. The largest absolute Gasteiger partial charge is 0.497 e. The van der Waals surface area contributed by atoms with E-state index in [-0.39, 0.29) is 0 Å². The van der Waals surface area contributed by atoms with Crippen molar-refractivity contribution < 1.29 is 9.47 Å². The molecule has 1 N–H and O–H groups in total. The average Bonchev–Trinajstić information content (AvgIpc) is 3.02. The third kappa shape index (κ3) is 3.59. The highest BCUT2D eigenvalue weighted by Crippen LogP contribution is 2.32. The molecular formula is C17H19N3O2S. The lowest BCUT2D eigenvalue weighted by Crippen LogP contribution is -2.01. The van der Waals surface area contributed by atoms with Crippen LogP contribution in [0.5, 0.6) is 11.5 Å². The number of H-pyrrole nitrogens is 1. The predicted octanol–water partition coefficient (Wildman–Crippen LogP) is 3.77. The second kappa shape index (κ2) is 7.37. The van der Waals surface area contributed by atoms with Gasteiger partial charge in [-0.15, -0.1) is 0 Å². The second-order valence-electron chi connectivity index (χ2n) is 5.02. The fraction of sp³-hybridized carbons (Fsp3) is 0.294. The molecule has 0 atom stereocenters. The number of aromatic amines is 1. The van der Waals surface area contributed by atoms with Gasteiger partial charge < -0.3 is 14.5 Å². The first-order valence-corrected chi connectivity index (χ1v) is 8.82. The molecule has 0 unspecified atom stereocenters. The number of hydrogen-bond acceptors (Lipinski definition) is 5. The molecule has 3 rings (SSSR count). The van der Waals surface area contributed by atoms with Crippen LogP contribution >= 0.6 is 11.8 Å². The van der Waals surface area contributed by atoms with Crippen molar-refractivity contribution in [3.63, 3.8) is 0 Å². The van der Waals surface area contributed by atoms with Crippen molar-refractivity contribution in [3.8, 4) is 22.9 Å². The van der Waals surface area contributed by atoms with E-state index in [2.05, 4.69) is 21.2 Å². The first kappa shape index (κ1) is 15.7. The van der Waals surface area contributed by atoms with Crippen molar-refractivity contribution in [2.75, 3.05) is 25.7 Å². The molecule has 0 aliphatic heterocycles. The zero-order valence-corrected chi connectivity index (χ0v) is 14.0. The molecule has 0 aliphatic rings. The highest BCUT2D eigenvalue weighted by molar-refractivity contribution is 7.98. The van der Waals surface area contributed by atoms with Gasteiger partial charge in [0.15, 0.2) is 5.65 Å². The normalized spacial score (nSPS) is 10.9. The number of rotatable bonds is 7. The average molecular weight is 329 g/mol. The number of ether oxygens (including phenoxy) is 2. The van der Waals surface area contributed by atoms with Crippen molar-refractivity contribution >= 4 is 22.9 Å². The minimum absolute atomic E-state index is 0.666. The third-order valence-electron chi connectivity index (χ3n) is 3.45. The fourth-order valence-corrected chi connectivity index (χ4v) is 2.71. The van der Waals surface area contributed by atoms with Gasteiger partial charge in [0, 0.05) is 12.3 Å². The van der Waals surface area contributed by atoms with E-state index in [1.807, 2.05) is 42.1 Å². The van der Waals surface area contributed by atoms with E-state index in [1.54, 1.807) is 13.3 Å². The van der Waals surface area contributed by atoms with Crippen LogP contribution in [0.1, 0.15) is 6.42 Å². The van der Waals surface area contributed by atoms with Crippen molar-refractivity contribution in [3.05, 3.63) is 36.5 Å². The SMILES string of the molecule is COc1ccc(-c2nc3ncccc3[nH]2)c(OCCCSC)c1. The van der Waals surface area contributed by atoms with E-state index in [0.717, 1.165) is 40.6 Å². The van der Waals surface area contributed by atoms with Gasteiger partial charge in [-0.1, -0.05) is 0 Å². The van der Waals surface area contributed by atoms with Gasteiger partial charge in [-0.25, -0.2) is 9.97 Å². The molecule has 3 aromatic rings. The van der Waals surface area contributed by atoms with E-state index < -0.39 is 0 Å². The lowest BCUT2D eigenvalue weighted by Gasteiger charge is -2.11. The summed E-state index contributed by atoms with van der Waals surface area (Å²) in [4.78, 5) is 12.1. The maximum absolute atomic E-state index is 5.96. The molecule has 0 saturated heterocycles. The van der Waals surface area contributed by atoms with Crippen LogP contribution in [0.15, 0.2) is 36.5 Å². The van der Waals surface area contributed by atoms with E-state index in [0.29, 0.717) is 12.3 Å². The number of nitrogens with zero attached hydrogens (tertiary/aromatic N) is 2. The summed E-state index contributed by atoms with van der Waals surface area (Å²) in [6.45, 7) is 0.666. The number of pyridine rings is 1. The Bertz CT molecular complexity index is 755. The Labute approximate surface area is 139 Å². The molecule has 0 aliphatic carbocycles. The summed E-state index contributed by atoms with van der Waals surface area (Å²) >= 11 is 1.82. The Balaban J connectivity index is 1.93. The van der Waals surface area contributed by atoms with Crippen LogP contribution in [0, 0.1) is 0 Å². The zero-order chi connectivity index (χ0) is 16.1. The number of aromatic nitrogens is 3. The standard InChI is InChI=1S/C17H19N3O2S/c1-21-12-6-7-13(15(11-12)22-9-4-10-23-2)16-19-14-5-3-8-18-17(14)20-16/h3,5-8,11H,4,9-10H2,1-2H3,(H,18,19,20). The number of nitrogens with one attached hydrogen (secondary N) is 1. The van der Waals surface area contributed by atoms with Crippen molar-refractivity contribution in [1.82, 2.24) is 15.0 Å². The van der Waals surface area contributed by atoms with Gasteiger partial charge in [-0.3, -0.25) is 0 Å². The first-order chi connectivity index (χ1) is 11.3. The topological polar surface area (TPSA) is 60.0 Å². The van der Waals surface area contributed by atoms with Gasteiger partial charge in [0.05, 0.1) is 24.8 Å². The van der Waals surface area contributed by atoms with Crippen molar-refractivity contribution in [1.29, 1.82) is 0 Å². The summed E-state index contributed by atoms with van der Waals surface area (Å²) in [7, 11) is 1.65. The smallest absolute Gasteiger partial charge is 0.178 e. The summed E-state index contributed by atoms with van der Waals surface area (Å²) in [6.07, 6.45) is 4.83. The Morgan fingerprint density at radius 3 is 2.96 bits per heavy atom. The summed E-state index contributed by atoms with van der Waals surface area (Å²) in [6, 6.07) is 9.61. The quantitative estimate of drug-likeness (QED) is 0.669. The summed E-state index contributed by atoms with van der Waals surface area (Å²) in [5, 5.41) is 0. The van der Waals surface area contributed by atoms with E-state index in [1.165, 1.54) is 0 Å². The van der Waals surface area contributed by atoms with E-state index >= 15 is 0 Å².